The van der Waals surface area contributed by atoms with Crippen molar-refractivity contribution in [2.45, 2.75) is 6.42 Å². The summed E-state index contributed by atoms with van der Waals surface area (Å²) in [6.45, 7) is 0.893. The highest BCUT2D eigenvalue weighted by Crippen LogP contribution is 2.27. The summed E-state index contributed by atoms with van der Waals surface area (Å²) >= 11 is 9.48. The van der Waals surface area contributed by atoms with Gasteiger partial charge in [0.15, 0.2) is 0 Å². The highest BCUT2D eigenvalue weighted by Gasteiger charge is 2.32. The standard InChI is InChI=1S/C27H23BrClN5O3/c28-22-4-2-1-3-20(22)26(36)34-12-11-16(15-34)25(35)31-18-6-8-19(9-7-18)32-27(37)33-24-14-30-23-10-5-17(29)13-21(23)24/h1-10,13-14,16,30H,11-12,15H2,(H,31,35)(H2,32,33,37). The second-order valence-corrected chi connectivity index (χ2v) is 10.0. The lowest BCUT2D eigenvalue weighted by molar-refractivity contribution is -0.119. The Labute approximate surface area is 226 Å². The Balaban J connectivity index is 1.14. The number of hydrogen-bond donors (Lipinski definition) is 4. The Kier molecular flexibility index (Phi) is 7.16. The molecule has 1 aliphatic rings. The molecule has 37 heavy (non-hydrogen) atoms. The van der Waals surface area contributed by atoms with Crippen LogP contribution in [0.2, 0.25) is 5.02 Å². The fraction of sp³-hybridized carbons (Fsp3) is 0.148. The van der Waals surface area contributed by atoms with Gasteiger partial charge < -0.3 is 25.8 Å². The molecule has 0 saturated carbocycles. The number of urea groups is 1. The van der Waals surface area contributed by atoms with E-state index in [9.17, 15) is 14.4 Å². The first-order valence-corrected chi connectivity index (χ1v) is 12.8. The molecule has 4 aromatic rings. The van der Waals surface area contributed by atoms with Crippen molar-refractivity contribution in [1.29, 1.82) is 0 Å². The lowest BCUT2D eigenvalue weighted by Crippen LogP contribution is -2.31. The summed E-state index contributed by atoms with van der Waals surface area (Å²) in [6, 6.07) is 19.1. The van der Waals surface area contributed by atoms with Gasteiger partial charge in [-0.15, -0.1) is 0 Å². The van der Waals surface area contributed by atoms with Gasteiger partial charge in [0.2, 0.25) is 5.91 Å². The summed E-state index contributed by atoms with van der Waals surface area (Å²) in [5, 5.41) is 9.88. The van der Waals surface area contributed by atoms with E-state index in [4.69, 9.17) is 11.6 Å². The lowest BCUT2D eigenvalue weighted by Gasteiger charge is -2.17. The van der Waals surface area contributed by atoms with E-state index in [0.717, 1.165) is 15.4 Å². The molecule has 2 heterocycles. The number of H-pyrrole nitrogens is 1. The van der Waals surface area contributed by atoms with Gasteiger partial charge in [-0.2, -0.15) is 0 Å². The topological polar surface area (TPSA) is 106 Å². The Morgan fingerprint density at radius 1 is 0.946 bits per heavy atom. The van der Waals surface area contributed by atoms with Crippen molar-refractivity contribution in [3.63, 3.8) is 0 Å². The molecule has 0 bridgehead atoms. The second kappa shape index (κ2) is 10.7. The number of halogens is 2. The average Bonchev–Trinajstić information content (AvgIpc) is 3.53. The van der Waals surface area contributed by atoms with Crippen molar-refractivity contribution in [3.8, 4) is 0 Å². The highest BCUT2D eigenvalue weighted by molar-refractivity contribution is 9.10. The monoisotopic (exact) mass is 579 g/mol. The smallest absolute Gasteiger partial charge is 0.323 e. The molecular weight excluding hydrogens is 558 g/mol. The third-order valence-electron chi connectivity index (χ3n) is 6.25. The minimum Gasteiger partial charge on any atom is -0.359 e. The minimum absolute atomic E-state index is 0.0905. The number of fused-ring (bicyclic) bond motifs is 1. The first kappa shape index (κ1) is 24.9. The molecule has 8 nitrogen and oxygen atoms in total. The normalized spacial score (nSPS) is 15.0. The molecule has 10 heteroatoms. The number of benzene rings is 3. The van der Waals surface area contributed by atoms with Crippen molar-refractivity contribution in [2.75, 3.05) is 29.0 Å². The number of nitrogens with one attached hydrogen (secondary N) is 4. The highest BCUT2D eigenvalue weighted by atomic mass is 79.9. The SMILES string of the molecule is O=C(Nc1ccc(NC(=O)C2CCN(C(=O)c3ccccc3Br)C2)cc1)Nc1c[nH]c2ccc(Cl)cc12. The van der Waals surface area contributed by atoms with Crippen molar-refractivity contribution in [3.05, 3.63) is 88.0 Å². The van der Waals surface area contributed by atoms with Gasteiger partial charge in [0.05, 0.1) is 17.2 Å². The molecule has 1 unspecified atom stereocenters. The quantitative estimate of drug-likeness (QED) is 0.222. The molecule has 0 aliphatic carbocycles. The van der Waals surface area contributed by atoms with Gasteiger partial charge in [0.1, 0.15) is 0 Å². The first-order chi connectivity index (χ1) is 17.9. The third kappa shape index (κ3) is 5.63. The zero-order valence-electron chi connectivity index (χ0n) is 19.6. The number of hydrogen-bond acceptors (Lipinski definition) is 3. The summed E-state index contributed by atoms with van der Waals surface area (Å²) < 4.78 is 0.737. The van der Waals surface area contributed by atoms with E-state index in [1.54, 1.807) is 53.6 Å². The predicted molar refractivity (Wildman–Crippen MR) is 149 cm³/mol. The van der Waals surface area contributed by atoms with Crippen LogP contribution in [0.5, 0.6) is 0 Å². The molecule has 1 aromatic heterocycles. The van der Waals surface area contributed by atoms with Crippen LogP contribution in [0.25, 0.3) is 10.9 Å². The van der Waals surface area contributed by atoms with Crippen LogP contribution >= 0.6 is 27.5 Å². The number of aromatic nitrogens is 1. The summed E-state index contributed by atoms with van der Waals surface area (Å²) in [7, 11) is 0. The van der Waals surface area contributed by atoms with Crippen LogP contribution in [0.1, 0.15) is 16.8 Å². The fourth-order valence-corrected chi connectivity index (χ4v) is 4.95. The number of rotatable bonds is 5. The zero-order valence-corrected chi connectivity index (χ0v) is 21.9. The van der Waals surface area contributed by atoms with E-state index in [0.29, 0.717) is 47.2 Å². The van der Waals surface area contributed by atoms with Crippen molar-refractivity contribution in [1.82, 2.24) is 9.88 Å². The van der Waals surface area contributed by atoms with E-state index in [1.807, 2.05) is 24.3 Å². The molecule has 1 saturated heterocycles. The molecule has 1 atom stereocenters. The average molecular weight is 581 g/mol. The van der Waals surface area contributed by atoms with Gasteiger partial charge in [-0.1, -0.05) is 23.7 Å². The Bertz CT molecular complexity index is 1490. The fourth-order valence-electron chi connectivity index (χ4n) is 4.33. The molecule has 4 amide bonds. The molecule has 0 spiro atoms. The second-order valence-electron chi connectivity index (χ2n) is 8.75. The van der Waals surface area contributed by atoms with Gasteiger partial charge in [0.25, 0.3) is 5.91 Å². The van der Waals surface area contributed by atoms with Crippen LogP contribution < -0.4 is 16.0 Å². The molecule has 1 aliphatic heterocycles. The maximum atomic E-state index is 12.8. The van der Waals surface area contributed by atoms with Crippen molar-refractivity contribution >= 4 is 73.3 Å². The molecule has 3 aromatic carbocycles. The number of aromatic amines is 1. The summed E-state index contributed by atoms with van der Waals surface area (Å²) in [5.41, 5.74) is 3.24. The lowest BCUT2D eigenvalue weighted by atomic mass is 10.1. The van der Waals surface area contributed by atoms with E-state index < -0.39 is 6.03 Å². The van der Waals surface area contributed by atoms with Crippen LogP contribution in [-0.2, 0) is 4.79 Å². The summed E-state index contributed by atoms with van der Waals surface area (Å²) in [6.07, 6.45) is 2.30. The van der Waals surface area contributed by atoms with Gasteiger partial charge in [-0.3, -0.25) is 9.59 Å². The molecule has 5 rings (SSSR count). The molecule has 188 valence electrons. The summed E-state index contributed by atoms with van der Waals surface area (Å²) in [5.74, 6) is -0.522. The Morgan fingerprint density at radius 2 is 1.68 bits per heavy atom. The first-order valence-electron chi connectivity index (χ1n) is 11.7. The number of carbonyl (C=O) groups is 3. The van der Waals surface area contributed by atoms with E-state index in [2.05, 4.69) is 36.9 Å². The van der Waals surface area contributed by atoms with E-state index in [1.165, 1.54) is 0 Å². The van der Waals surface area contributed by atoms with Crippen LogP contribution in [0.15, 0.2) is 77.4 Å². The van der Waals surface area contributed by atoms with Gasteiger partial charge in [0, 0.05) is 51.1 Å². The zero-order chi connectivity index (χ0) is 25.9. The maximum absolute atomic E-state index is 12.8. The Morgan fingerprint density at radius 3 is 2.43 bits per heavy atom. The molecule has 0 radical (unpaired) electrons. The minimum atomic E-state index is -0.404. The number of amides is 4. The number of likely N-dealkylation sites (tertiary alicyclic amines) is 1. The van der Waals surface area contributed by atoms with Crippen LogP contribution in [0.3, 0.4) is 0 Å². The van der Waals surface area contributed by atoms with Gasteiger partial charge >= 0.3 is 6.03 Å². The van der Waals surface area contributed by atoms with Crippen molar-refractivity contribution < 1.29 is 14.4 Å². The predicted octanol–water partition coefficient (Wildman–Crippen LogP) is 6.33. The number of nitrogens with zero attached hydrogens (tertiary/aromatic N) is 1. The maximum Gasteiger partial charge on any atom is 0.323 e. The molecular formula is C27H23BrClN5O3. The summed E-state index contributed by atoms with van der Waals surface area (Å²) in [4.78, 5) is 42.9. The largest absolute Gasteiger partial charge is 0.359 e. The van der Waals surface area contributed by atoms with Gasteiger partial charge in [-0.05, 0) is 76.9 Å². The number of carbonyl (C=O) groups excluding carboxylic acids is 3. The van der Waals surface area contributed by atoms with Crippen LogP contribution in [0.4, 0.5) is 21.9 Å². The number of anilines is 3. The van der Waals surface area contributed by atoms with Crippen LogP contribution in [-0.4, -0.2) is 40.8 Å². The molecule has 4 N–H and O–H groups in total. The Hall–Kier alpha value is -3.82. The van der Waals surface area contributed by atoms with E-state index >= 15 is 0 Å². The van der Waals surface area contributed by atoms with Crippen molar-refractivity contribution in [2.24, 2.45) is 5.92 Å². The van der Waals surface area contributed by atoms with E-state index in [-0.39, 0.29) is 17.7 Å². The third-order valence-corrected chi connectivity index (χ3v) is 7.18. The van der Waals surface area contributed by atoms with Gasteiger partial charge in [-0.25, -0.2) is 4.79 Å². The van der Waals surface area contributed by atoms with Crippen LogP contribution in [0, 0.1) is 5.92 Å². The molecule has 1 fully saturated rings.